The van der Waals surface area contributed by atoms with E-state index < -0.39 is 0 Å². The Balaban J connectivity index is 1.62. The van der Waals surface area contributed by atoms with Gasteiger partial charge < -0.3 is 15.4 Å². The van der Waals surface area contributed by atoms with Gasteiger partial charge in [0, 0.05) is 31.6 Å². The number of ether oxygens (including phenoxy) is 1. The van der Waals surface area contributed by atoms with Crippen LogP contribution in [0.1, 0.15) is 17.7 Å². The molecule has 1 aliphatic heterocycles. The number of guanidine groups is 1. The molecule has 0 bridgehead atoms. The second-order valence-electron chi connectivity index (χ2n) is 4.34. The van der Waals surface area contributed by atoms with Crippen LogP contribution in [0.25, 0.3) is 0 Å². The molecule has 1 aliphatic rings. The smallest absolute Gasteiger partial charge is 0.191 e. The van der Waals surface area contributed by atoms with Gasteiger partial charge in [0.1, 0.15) is 0 Å². The van der Waals surface area contributed by atoms with E-state index in [-0.39, 0.29) is 0 Å². The lowest BCUT2D eigenvalue weighted by Crippen LogP contribution is -2.41. The molecule has 1 fully saturated rings. The number of hydrogen-bond donors (Lipinski definition) is 2. The van der Waals surface area contributed by atoms with Crippen molar-refractivity contribution in [2.45, 2.75) is 25.4 Å². The first-order valence-electron chi connectivity index (χ1n) is 6.47. The number of aliphatic imine (C=N–C) groups is 1. The van der Waals surface area contributed by atoms with Crippen molar-refractivity contribution < 1.29 is 4.74 Å². The number of thiophene rings is 1. The molecule has 0 aromatic carbocycles. The zero-order valence-corrected chi connectivity index (χ0v) is 11.6. The first kappa shape index (κ1) is 13.4. The Kier molecular flexibility index (Phi) is 5.48. The van der Waals surface area contributed by atoms with Gasteiger partial charge >= 0.3 is 0 Å². The van der Waals surface area contributed by atoms with E-state index in [1.165, 1.54) is 11.3 Å². The van der Waals surface area contributed by atoms with E-state index in [0.29, 0.717) is 6.10 Å². The zero-order chi connectivity index (χ0) is 12.6. The third-order valence-corrected chi connectivity index (χ3v) is 3.92. The average molecular weight is 267 g/mol. The van der Waals surface area contributed by atoms with Crippen LogP contribution in [0.4, 0.5) is 0 Å². The summed E-state index contributed by atoms with van der Waals surface area (Å²) in [5.41, 5.74) is 0. The third kappa shape index (κ3) is 4.31. The lowest BCUT2D eigenvalue weighted by Gasteiger charge is -2.14. The highest BCUT2D eigenvalue weighted by molar-refractivity contribution is 7.09. The van der Waals surface area contributed by atoms with Crippen molar-refractivity contribution >= 4 is 17.3 Å². The van der Waals surface area contributed by atoms with Gasteiger partial charge in [0.15, 0.2) is 5.96 Å². The Labute approximate surface area is 112 Å². The Morgan fingerprint density at radius 3 is 3.17 bits per heavy atom. The largest absolute Gasteiger partial charge is 0.376 e. The molecule has 1 aromatic rings. The van der Waals surface area contributed by atoms with Crippen molar-refractivity contribution in [3.63, 3.8) is 0 Å². The maximum Gasteiger partial charge on any atom is 0.191 e. The van der Waals surface area contributed by atoms with Crippen LogP contribution in [-0.2, 0) is 11.2 Å². The Morgan fingerprint density at radius 1 is 1.56 bits per heavy atom. The first-order chi connectivity index (χ1) is 8.88. The Morgan fingerprint density at radius 2 is 2.50 bits per heavy atom. The maximum absolute atomic E-state index is 5.57. The number of hydrogen-bond acceptors (Lipinski definition) is 3. The minimum atomic E-state index is 0.348. The van der Waals surface area contributed by atoms with Crippen LogP contribution in [0.5, 0.6) is 0 Å². The van der Waals surface area contributed by atoms with Gasteiger partial charge in [-0.2, -0.15) is 0 Å². The average Bonchev–Trinajstić information content (AvgIpc) is 3.06. The minimum Gasteiger partial charge on any atom is -0.376 e. The molecule has 5 heteroatoms. The van der Waals surface area contributed by atoms with Crippen LogP contribution in [0.2, 0.25) is 0 Å². The molecule has 4 nitrogen and oxygen atoms in total. The highest BCUT2D eigenvalue weighted by Gasteiger charge is 2.15. The summed E-state index contributed by atoms with van der Waals surface area (Å²) in [5.74, 6) is 0.863. The SMILES string of the molecule is CN=C(NCCc1cccs1)NCC1CCCO1. The molecule has 2 rings (SSSR count). The van der Waals surface area contributed by atoms with E-state index >= 15 is 0 Å². The van der Waals surface area contributed by atoms with E-state index in [1.54, 1.807) is 18.4 Å². The van der Waals surface area contributed by atoms with Gasteiger partial charge in [-0.05, 0) is 30.7 Å². The molecule has 100 valence electrons. The maximum atomic E-state index is 5.57. The van der Waals surface area contributed by atoms with Gasteiger partial charge in [0.25, 0.3) is 0 Å². The summed E-state index contributed by atoms with van der Waals surface area (Å²) in [6, 6.07) is 4.25. The van der Waals surface area contributed by atoms with Crippen molar-refractivity contribution in [2.75, 3.05) is 26.7 Å². The van der Waals surface area contributed by atoms with Crippen molar-refractivity contribution in [1.82, 2.24) is 10.6 Å². The predicted octanol–water partition coefficient (Wildman–Crippen LogP) is 1.63. The highest BCUT2D eigenvalue weighted by atomic mass is 32.1. The monoisotopic (exact) mass is 267 g/mol. The Bertz CT molecular complexity index is 358. The summed E-state index contributed by atoms with van der Waals surface area (Å²) in [5, 5.41) is 8.74. The van der Waals surface area contributed by atoms with E-state index in [2.05, 4.69) is 33.1 Å². The number of nitrogens with one attached hydrogen (secondary N) is 2. The summed E-state index contributed by atoms with van der Waals surface area (Å²) < 4.78 is 5.57. The van der Waals surface area contributed by atoms with E-state index in [0.717, 1.165) is 38.5 Å². The van der Waals surface area contributed by atoms with Gasteiger partial charge in [-0.15, -0.1) is 11.3 Å². The molecule has 2 N–H and O–H groups in total. The molecule has 1 unspecified atom stereocenters. The van der Waals surface area contributed by atoms with Gasteiger partial charge in [-0.1, -0.05) is 6.07 Å². The van der Waals surface area contributed by atoms with E-state index in [4.69, 9.17) is 4.74 Å². The van der Waals surface area contributed by atoms with Crippen LogP contribution in [0, 0.1) is 0 Å². The van der Waals surface area contributed by atoms with Crippen LogP contribution in [0.15, 0.2) is 22.5 Å². The van der Waals surface area contributed by atoms with Gasteiger partial charge in [-0.25, -0.2) is 0 Å². The predicted molar refractivity (Wildman–Crippen MR) is 76.4 cm³/mol. The van der Waals surface area contributed by atoms with Crippen LogP contribution in [0.3, 0.4) is 0 Å². The highest BCUT2D eigenvalue weighted by Crippen LogP contribution is 2.10. The van der Waals surface area contributed by atoms with E-state index in [1.807, 2.05) is 0 Å². The fourth-order valence-corrected chi connectivity index (χ4v) is 2.70. The molecule has 1 atom stereocenters. The molecular formula is C13H21N3OS. The normalized spacial score (nSPS) is 20.1. The van der Waals surface area contributed by atoms with E-state index in [9.17, 15) is 0 Å². The fourth-order valence-electron chi connectivity index (χ4n) is 2.00. The summed E-state index contributed by atoms with van der Waals surface area (Å²) in [7, 11) is 1.80. The van der Waals surface area contributed by atoms with Crippen LogP contribution < -0.4 is 10.6 Å². The number of nitrogens with zero attached hydrogens (tertiary/aromatic N) is 1. The van der Waals surface area contributed by atoms with Gasteiger partial charge in [0.05, 0.1) is 6.10 Å². The minimum absolute atomic E-state index is 0.348. The second-order valence-corrected chi connectivity index (χ2v) is 5.38. The summed E-state index contributed by atoms with van der Waals surface area (Å²) in [6.45, 7) is 2.65. The number of rotatable bonds is 5. The molecule has 18 heavy (non-hydrogen) atoms. The molecule has 0 spiro atoms. The summed E-state index contributed by atoms with van der Waals surface area (Å²) in [6.07, 6.45) is 3.72. The quantitative estimate of drug-likeness (QED) is 0.630. The lowest BCUT2D eigenvalue weighted by molar-refractivity contribution is 0.114. The molecule has 0 amide bonds. The molecule has 0 radical (unpaired) electrons. The topological polar surface area (TPSA) is 45.7 Å². The van der Waals surface area contributed by atoms with Crippen molar-refractivity contribution in [3.8, 4) is 0 Å². The molecule has 1 saturated heterocycles. The van der Waals surface area contributed by atoms with Crippen LogP contribution in [-0.4, -0.2) is 38.8 Å². The van der Waals surface area contributed by atoms with Gasteiger partial charge in [0.2, 0.25) is 0 Å². The standard InChI is InChI=1S/C13H21N3OS/c1-14-13(16-10-11-4-2-8-17-11)15-7-6-12-5-3-9-18-12/h3,5,9,11H,2,4,6-8,10H2,1H3,(H2,14,15,16). The summed E-state index contributed by atoms with van der Waals surface area (Å²) in [4.78, 5) is 5.61. The third-order valence-electron chi connectivity index (χ3n) is 2.99. The molecular weight excluding hydrogens is 246 g/mol. The van der Waals surface area contributed by atoms with Crippen molar-refractivity contribution in [2.24, 2.45) is 4.99 Å². The van der Waals surface area contributed by atoms with Gasteiger partial charge in [-0.3, -0.25) is 4.99 Å². The lowest BCUT2D eigenvalue weighted by atomic mass is 10.2. The molecule has 0 saturated carbocycles. The van der Waals surface area contributed by atoms with Crippen molar-refractivity contribution in [1.29, 1.82) is 0 Å². The molecule has 2 heterocycles. The van der Waals surface area contributed by atoms with Crippen LogP contribution >= 0.6 is 11.3 Å². The first-order valence-corrected chi connectivity index (χ1v) is 7.35. The second kappa shape index (κ2) is 7.38. The van der Waals surface area contributed by atoms with Crippen molar-refractivity contribution in [3.05, 3.63) is 22.4 Å². The molecule has 0 aliphatic carbocycles. The summed E-state index contributed by atoms with van der Waals surface area (Å²) >= 11 is 1.80. The molecule has 1 aromatic heterocycles. The Hall–Kier alpha value is -1.07. The fraction of sp³-hybridized carbons (Fsp3) is 0.615. The zero-order valence-electron chi connectivity index (χ0n) is 10.8.